The Labute approximate surface area is 272 Å². The summed E-state index contributed by atoms with van der Waals surface area (Å²) in [7, 11) is 1.54. The van der Waals surface area contributed by atoms with E-state index in [0.717, 1.165) is 30.1 Å². The van der Waals surface area contributed by atoms with Gasteiger partial charge in [0.25, 0.3) is 0 Å². The summed E-state index contributed by atoms with van der Waals surface area (Å²) in [6.07, 6.45) is 11.3. The van der Waals surface area contributed by atoms with Gasteiger partial charge in [0, 0.05) is 48.0 Å². The maximum atomic E-state index is 4.71. The van der Waals surface area contributed by atoms with E-state index in [1.54, 1.807) is 30.9 Å². The van der Waals surface area contributed by atoms with Crippen LogP contribution in [0.3, 0.4) is 0 Å². The number of thiazole rings is 1. The highest BCUT2D eigenvalue weighted by Crippen LogP contribution is 2.08. The summed E-state index contributed by atoms with van der Waals surface area (Å²) in [6, 6.07) is 6.05. The van der Waals surface area contributed by atoms with Crippen molar-refractivity contribution in [3.8, 4) is 0 Å². The summed E-state index contributed by atoms with van der Waals surface area (Å²) < 4.78 is 0. The molecule has 0 aromatic carbocycles. The van der Waals surface area contributed by atoms with E-state index in [1.165, 1.54) is 11.4 Å². The average molecular weight is 629 g/mol. The van der Waals surface area contributed by atoms with Crippen LogP contribution in [0.4, 0.5) is 0 Å². The van der Waals surface area contributed by atoms with Crippen LogP contribution in [0.5, 0.6) is 0 Å². The molecule has 0 fully saturated rings. The minimum atomic E-state index is 0.431. The number of aromatic nitrogens is 4. The fraction of sp³-hybridized carbons (Fsp3) is 0.600. The summed E-state index contributed by atoms with van der Waals surface area (Å²) in [5.41, 5.74) is 5.43. The Morgan fingerprint density at radius 3 is 1.73 bits per heavy atom. The number of nitrogens with zero attached hydrogens (tertiary/aromatic N) is 6. The van der Waals surface area contributed by atoms with Crippen LogP contribution in [0.25, 0.3) is 0 Å². The van der Waals surface area contributed by atoms with E-state index in [4.69, 9.17) is 4.84 Å². The molecule has 0 atom stereocenters. The van der Waals surface area contributed by atoms with Gasteiger partial charge in [-0.1, -0.05) is 85.6 Å². The zero-order valence-corrected chi connectivity index (χ0v) is 30.5. The van der Waals surface area contributed by atoms with Gasteiger partial charge in [-0.2, -0.15) is 0 Å². The first-order chi connectivity index (χ1) is 20.8. The second-order valence-electron chi connectivity index (χ2n) is 11.9. The first-order valence-corrected chi connectivity index (χ1v) is 16.5. The van der Waals surface area contributed by atoms with Gasteiger partial charge in [0.2, 0.25) is 0 Å². The fourth-order valence-electron chi connectivity index (χ4n) is 2.82. The lowest BCUT2D eigenvalue weighted by Gasteiger charge is -2.01. The van der Waals surface area contributed by atoms with E-state index in [0.29, 0.717) is 30.3 Å². The molecule has 0 spiro atoms. The van der Waals surface area contributed by atoms with Gasteiger partial charge >= 0.3 is 0 Å². The van der Waals surface area contributed by atoms with Crippen molar-refractivity contribution in [3.63, 3.8) is 0 Å². The third-order valence-corrected chi connectivity index (χ3v) is 5.42. The highest BCUT2D eigenvalue weighted by molar-refractivity contribution is 7.07. The highest BCUT2D eigenvalue weighted by Gasteiger charge is 1.99. The summed E-state index contributed by atoms with van der Waals surface area (Å²) in [5.74, 6) is 3.76. The highest BCUT2D eigenvalue weighted by atomic mass is 32.1. The van der Waals surface area contributed by atoms with E-state index in [2.05, 4.69) is 102 Å². The minimum Gasteiger partial charge on any atom is -0.399 e. The SMILES string of the molecule is CC(C)Cc1ccccn1.CC(C)Cc1cscn1.CCO/N=C\C(C)C.CON=CC(C)C.Cc1cnc(C(C)C)nc1. The van der Waals surface area contributed by atoms with Crippen molar-refractivity contribution in [1.82, 2.24) is 19.9 Å². The molecule has 248 valence electrons. The minimum absolute atomic E-state index is 0.431. The third kappa shape index (κ3) is 30.3. The van der Waals surface area contributed by atoms with Crippen LogP contribution in [-0.4, -0.2) is 46.1 Å². The number of hydrogen-bond acceptors (Lipinski definition) is 9. The van der Waals surface area contributed by atoms with Crippen molar-refractivity contribution in [1.29, 1.82) is 0 Å². The molecular weight excluding hydrogens is 568 g/mol. The summed E-state index contributed by atoms with van der Waals surface area (Å²) in [6.45, 7) is 25.8. The van der Waals surface area contributed by atoms with Crippen LogP contribution in [0.2, 0.25) is 0 Å². The van der Waals surface area contributed by atoms with E-state index < -0.39 is 0 Å². The van der Waals surface area contributed by atoms with Gasteiger partial charge in [0.15, 0.2) is 0 Å². The van der Waals surface area contributed by atoms with Gasteiger partial charge in [-0.3, -0.25) is 4.98 Å². The Bertz CT molecular complexity index is 1050. The van der Waals surface area contributed by atoms with Crippen LogP contribution in [0.1, 0.15) is 105 Å². The molecule has 3 heterocycles. The molecule has 44 heavy (non-hydrogen) atoms. The number of aryl methyl sites for hydroxylation is 1. The Balaban J connectivity index is 0. The lowest BCUT2D eigenvalue weighted by Crippen LogP contribution is -1.95. The molecule has 0 aliphatic carbocycles. The van der Waals surface area contributed by atoms with Gasteiger partial charge in [-0.15, -0.1) is 11.3 Å². The fourth-order valence-corrected chi connectivity index (χ4v) is 3.39. The average Bonchev–Trinajstić information content (AvgIpc) is 3.46. The molecule has 3 rings (SSSR count). The van der Waals surface area contributed by atoms with E-state index >= 15 is 0 Å². The molecule has 0 aliphatic heterocycles. The molecule has 0 saturated heterocycles. The topological polar surface area (TPSA) is 94.7 Å². The van der Waals surface area contributed by atoms with Crippen molar-refractivity contribution >= 4 is 23.8 Å². The first-order valence-electron chi connectivity index (χ1n) is 15.6. The van der Waals surface area contributed by atoms with Crippen LogP contribution in [-0.2, 0) is 22.5 Å². The van der Waals surface area contributed by atoms with Crippen molar-refractivity contribution in [2.45, 2.75) is 102 Å². The molecule has 0 amide bonds. The molecule has 3 aromatic heterocycles. The summed E-state index contributed by atoms with van der Waals surface area (Å²) >= 11 is 1.67. The Morgan fingerprint density at radius 1 is 0.773 bits per heavy atom. The lowest BCUT2D eigenvalue weighted by atomic mass is 10.1. The van der Waals surface area contributed by atoms with Crippen LogP contribution >= 0.6 is 11.3 Å². The second kappa shape index (κ2) is 28.6. The first kappa shape index (κ1) is 42.9. The number of hydrogen-bond donors (Lipinski definition) is 0. The zero-order chi connectivity index (χ0) is 33.8. The lowest BCUT2D eigenvalue weighted by molar-refractivity contribution is 0.159. The van der Waals surface area contributed by atoms with Gasteiger partial charge in [0.1, 0.15) is 19.5 Å². The largest absolute Gasteiger partial charge is 0.399 e. The predicted octanol–water partition coefficient (Wildman–Crippen LogP) is 9.47. The van der Waals surface area contributed by atoms with Crippen molar-refractivity contribution in [2.75, 3.05) is 13.7 Å². The zero-order valence-electron chi connectivity index (χ0n) is 29.7. The quantitative estimate of drug-likeness (QED) is 0.164. The Hall–Kier alpha value is -3.20. The van der Waals surface area contributed by atoms with Crippen LogP contribution < -0.4 is 0 Å². The van der Waals surface area contributed by atoms with Gasteiger partial charge in [-0.25, -0.2) is 15.0 Å². The van der Waals surface area contributed by atoms with E-state index in [9.17, 15) is 0 Å². The number of pyridine rings is 1. The standard InChI is InChI=1S/C9H13N.C8H12N2.C7H11NS.C6H13NO.C5H11NO/c1-8(2)7-9-5-3-4-6-10-9;1-6(2)8-9-4-7(3)5-10-8;1-6(2)3-7-4-9-5-8-7;1-4-8-7-5-6(2)3;1-5(2)4-6-7-3/h3-6,8H,7H2,1-2H3;4-6H,1-3H3;4-6H,3H2,1-2H3;5-6H,4H2,1-3H3;4-5H,1-3H3/b;;;7-5-;. The van der Waals surface area contributed by atoms with Gasteiger partial charge in [-0.05, 0) is 68.1 Å². The normalized spacial score (nSPS) is 10.6. The van der Waals surface area contributed by atoms with Gasteiger partial charge < -0.3 is 9.68 Å². The smallest absolute Gasteiger partial charge is 0.130 e. The Kier molecular flexibility index (Phi) is 27.9. The molecule has 3 aromatic rings. The van der Waals surface area contributed by atoms with Gasteiger partial charge in [0.05, 0.1) is 11.2 Å². The molecule has 9 heteroatoms. The molecule has 0 N–H and O–H groups in total. The molecular formula is C35H60N6O2S. The molecule has 0 bridgehead atoms. The molecule has 0 aliphatic rings. The maximum absolute atomic E-state index is 4.71. The van der Waals surface area contributed by atoms with E-state index in [-0.39, 0.29) is 0 Å². The molecule has 0 saturated carbocycles. The number of oxime groups is 2. The molecule has 8 nitrogen and oxygen atoms in total. The molecule has 0 unspecified atom stereocenters. The van der Waals surface area contributed by atoms with Crippen LogP contribution in [0, 0.1) is 30.6 Å². The summed E-state index contributed by atoms with van der Waals surface area (Å²) in [5, 5.41) is 9.32. The van der Waals surface area contributed by atoms with E-state index in [1.807, 2.05) is 63.9 Å². The maximum Gasteiger partial charge on any atom is 0.130 e. The number of rotatable bonds is 10. The summed E-state index contributed by atoms with van der Waals surface area (Å²) in [4.78, 5) is 25.9. The van der Waals surface area contributed by atoms with Crippen molar-refractivity contribution in [2.24, 2.45) is 34.0 Å². The third-order valence-electron chi connectivity index (χ3n) is 4.79. The molecule has 0 radical (unpaired) electrons. The van der Waals surface area contributed by atoms with Crippen molar-refractivity contribution in [3.05, 3.63) is 70.5 Å². The monoisotopic (exact) mass is 628 g/mol. The predicted molar refractivity (Wildman–Crippen MR) is 190 cm³/mol. The Morgan fingerprint density at radius 2 is 1.34 bits per heavy atom. The van der Waals surface area contributed by atoms with Crippen LogP contribution in [0.15, 0.2) is 58.0 Å². The van der Waals surface area contributed by atoms with Crippen molar-refractivity contribution < 1.29 is 9.68 Å². The second-order valence-corrected chi connectivity index (χ2v) is 12.6.